The van der Waals surface area contributed by atoms with E-state index in [-0.39, 0.29) is 17.1 Å². The van der Waals surface area contributed by atoms with E-state index < -0.39 is 28.5 Å². The quantitative estimate of drug-likeness (QED) is 0.664. The monoisotopic (exact) mass is 286 g/mol. The Labute approximate surface area is 110 Å². The van der Waals surface area contributed by atoms with Gasteiger partial charge in [0.05, 0.1) is 17.5 Å². The van der Waals surface area contributed by atoms with Crippen LogP contribution in [0.25, 0.3) is 0 Å². The number of hydrogen-bond acceptors (Lipinski definition) is 6. The van der Waals surface area contributed by atoms with Gasteiger partial charge in [0, 0.05) is 0 Å². The number of carboxylic acid groups (broad SMARTS) is 1. The number of nitrogens with one attached hydrogen (secondary N) is 1. The normalized spacial score (nSPS) is 11.0. The number of carbonyl (C=O) groups excluding carboxylic acids is 2. The van der Waals surface area contributed by atoms with E-state index in [1.807, 2.05) is 4.72 Å². The maximum Gasteiger partial charge on any atom is 0.321 e. The smallest absolute Gasteiger partial charge is 0.321 e. The van der Waals surface area contributed by atoms with Gasteiger partial charge in [-0.25, -0.2) is 8.42 Å². The van der Waals surface area contributed by atoms with Crippen LogP contribution in [-0.4, -0.2) is 33.5 Å². The highest BCUT2D eigenvalue weighted by molar-refractivity contribution is 7.89. The first-order valence-corrected chi connectivity index (χ1v) is 6.82. The number of aromatic carboxylic acids is 1. The molecule has 0 aromatic heterocycles. The number of rotatable bonds is 6. The molecule has 19 heavy (non-hydrogen) atoms. The Morgan fingerprint density at radius 2 is 1.84 bits per heavy atom. The van der Waals surface area contributed by atoms with E-state index in [2.05, 4.69) is 4.74 Å². The molecule has 0 aliphatic rings. The molecule has 1 aromatic carbocycles. The van der Waals surface area contributed by atoms with E-state index in [1.54, 1.807) is 6.92 Å². The summed E-state index contributed by atoms with van der Waals surface area (Å²) >= 11 is 0. The van der Waals surface area contributed by atoms with E-state index in [1.165, 1.54) is 0 Å². The summed E-state index contributed by atoms with van der Waals surface area (Å²) in [5.74, 6) is -2.10. The molecule has 0 atom stereocenters. The third-order valence-electron chi connectivity index (χ3n) is 2.11. The first-order chi connectivity index (χ1) is 8.86. The van der Waals surface area contributed by atoms with Gasteiger partial charge >= 0.3 is 5.97 Å². The third kappa shape index (κ3) is 4.34. The highest BCUT2D eigenvalue weighted by Crippen LogP contribution is 2.09. The van der Waals surface area contributed by atoms with Crippen LogP contribution in [-0.2, 0) is 19.6 Å². The van der Waals surface area contributed by atoms with Gasteiger partial charge < -0.3 is 14.6 Å². The summed E-state index contributed by atoms with van der Waals surface area (Å²) < 4.78 is 30.1. The van der Waals surface area contributed by atoms with Gasteiger partial charge in [0.2, 0.25) is 10.0 Å². The van der Waals surface area contributed by atoms with Gasteiger partial charge in [-0.2, -0.15) is 4.72 Å². The molecule has 8 heteroatoms. The summed E-state index contributed by atoms with van der Waals surface area (Å²) in [6, 6.07) is 4.43. The molecule has 1 rings (SSSR count). The molecule has 0 aliphatic carbocycles. The van der Waals surface area contributed by atoms with Crippen LogP contribution in [0.3, 0.4) is 0 Å². The molecule has 7 nitrogen and oxygen atoms in total. The number of ether oxygens (including phenoxy) is 1. The van der Waals surface area contributed by atoms with E-state index in [0.29, 0.717) is 0 Å². The number of hydrogen-bond donors (Lipinski definition) is 1. The lowest BCUT2D eigenvalue weighted by Gasteiger charge is -2.07. The predicted molar refractivity (Wildman–Crippen MR) is 62.6 cm³/mol. The predicted octanol–water partition coefficient (Wildman–Crippen LogP) is -1.11. The second kappa shape index (κ2) is 6.30. The summed E-state index contributed by atoms with van der Waals surface area (Å²) in [5.41, 5.74) is -0.135. The van der Waals surface area contributed by atoms with Crippen LogP contribution >= 0.6 is 0 Å². The number of carboxylic acids is 1. The molecular formula is C11H12NO6S-. The molecule has 0 fully saturated rings. The minimum atomic E-state index is -3.88. The third-order valence-corrected chi connectivity index (χ3v) is 3.53. The molecule has 0 saturated carbocycles. The molecule has 0 amide bonds. The van der Waals surface area contributed by atoms with Crippen molar-refractivity contribution in [3.05, 3.63) is 29.8 Å². The van der Waals surface area contributed by atoms with E-state index in [0.717, 1.165) is 24.3 Å². The second-order valence-electron chi connectivity index (χ2n) is 3.44. The minimum Gasteiger partial charge on any atom is -0.545 e. The minimum absolute atomic E-state index is 0.135. The van der Waals surface area contributed by atoms with Crippen LogP contribution in [0.4, 0.5) is 0 Å². The van der Waals surface area contributed by atoms with Gasteiger partial charge in [-0.05, 0) is 24.6 Å². The number of benzene rings is 1. The Morgan fingerprint density at radius 1 is 1.26 bits per heavy atom. The summed E-state index contributed by atoms with van der Waals surface area (Å²) in [7, 11) is -3.88. The van der Waals surface area contributed by atoms with Crippen LogP contribution in [0.1, 0.15) is 17.3 Å². The lowest BCUT2D eigenvalue weighted by atomic mass is 10.2. The molecule has 0 radical (unpaired) electrons. The van der Waals surface area contributed by atoms with Gasteiger partial charge in [0.1, 0.15) is 6.54 Å². The fourth-order valence-electron chi connectivity index (χ4n) is 1.22. The van der Waals surface area contributed by atoms with E-state index >= 15 is 0 Å². The Bertz CT molecular complexity index is 563. The van der Waals surface area contributed by atoms with Crippen molar-refractivity contribution in [2.75, 3.05) is 13.2 Å². The SMILES string of the molecule is CCOC(=O)CNS(=O)(=O)c1ccc(C(=O)[O-])cc1. The summed E-state index contributed by atoms with van der Waals surface area (Å²) in [5, 5.41) is 10.5. The number of carbonyl (C=O) groups is 2. The van der Waals surface area contributed by atoms with Crippen molar-refractivity contribution in [3.63, 3.8) is 0 Å². The Hall–Kier alpha value is -1.93. The van der Waals surface area contributed by atoms with Crippen molar-refractivity contribution in [2.45, 2.75) is 11.8 Å². The van der Waals surface area contributed by atoms with Crippen molar-refractivity contribution in [2.24, 2.45) is 0 Å². The zero-order chi connectivity index (χ0) is 14.5. The van der Waals surface area contributed by atoms with Crippen molar-refractivity contribution in [1.82, 2.24) is 4.72 Å². The Kier molecular flexibility index (Phi) is 5.02. The molecule has 0 spiro atoms. The lowest BCUT2D eigenvalue weighted by molar-refractivity contribution is -0.255. The van der Waals surface area contributed by atoms with Crippen LogP contribution in [0, 0.1) is 0 Å². The second-order valence-corrected chi connectivity index (χ2v) is 5.21. The average molecular weight is 286 g/mol. The largest absolute Gasteiger partial charge is 0.545 e. The molecule has 1 N–H and O–H groups in total. The topological polar surface area (TPSA) is 113 Å². The Morgan fingerprint density at radius 3 is 2.32 bits per heavy atom. The zero-order valence-electron chi connectivity index (χ0n) is 10.1. The highest BCUT2D eigenvalue weighted by atomic mass is 32.2. The highest BCUT2D eigenvalue weighted by Gasteiger charge is 2.15. The van der Waals surface area contributed by atoms with Crippen LogP contribution in [0.2, 0.25) is 0 Å². The fraction of sp³-hybridized carbons (Fsp3) is 0.273. The van der Waals surface area contributed by atoms with E-state index in [9.17, 15) is 23.1 Å². The summed E-state index contributed by atoms with van der Waals surface area (Å²) in [6.07, 6.45) is 0. The molecule has 0 unspecified atom stereocenters. The molecule has 104 valence electrons. The number of esters is 1. The first-order valence-electron chi connectivity index (χ1n) is 5.33. The maximum absolute atomic E-state index is 11.7. The van der Waals surface area contributed by atoms with Crippen molar-refractivity contribution >= 4 is 22.0 Å². The maximum atomic E-state index is 11.7. The molecular weight excluding hydrogens is 274 g/mol. The summed E-state index contributed by atoms with van der Waals surface area (Å²) in [6.45, 7) is 1.27. The fourth-order valence-corrected chi connectivity index (χ4v) is 2.19. The summed E-state index contributed by atoms with van der Waals surface area (Å²) in [4.78, 5) is 21.4. The molecule has 1 aromatic rings. The molecule has 0 saturated heterocycles. The van der Waals surface area contributed by atoms with Gasteiger partial charge in [-0.3, -0.25) is 4.79 Å². The van der Waals surface area contributed by atoms with Crippen molar-refractivity contribution in [3.8, 4) is 0 Å². The van der Waals surface area contributed by atoms with Crippen molar-refractivity contribution in [1.29, 1.82) is 0 Å². The van der Waals surface area contributed by atoms with Gasteiger partial charge in [0.15, 0.2) is 0 Å². The standard InChI is InChI=1S/C11H13NO6S/c1-2-18-10(13)7-12-19(16,17)9-5-3-8(4-6-9)11(14)15/h3-6,12H,2,7H2,1H3,(H,14,15)/p-1. The van der Waals surface area contributed by atoms with Crippen LogP contribution < -0.4 is 9.83 Å². The van der Waals surface area contributed by atoms with Crippen LogP contribution in [0.15, 0.2) is 29.2 Å². The average Bonchev–Trinajstić information content (AvgIpc) is 2.37. The Balaban J connectivity index is 2.77. The molecule has 0 bridgehead atoms. The first kappa shape index (κ1) is 15.1. The van der Waals surface area contributed by atoms with Gasteiger partial charge in [0.25, 0.3) is 0 Å². The zero-order valence-corrected chi connectivity index (χ0v) is 10.9. The van der Waals surface area contributed by atoms with Crippen LogP contribution in [0.5, 0.6) is 0 Å². The lowest BCUT2D eigenvalue weighted by Crippen LogP contribution is -2.30. The molecule has 0 aliphatic heterocycles. The number of sulfonamides is 1. The molecule has 0 heterocycles. The van der Waals surface area contributed by atoms with Gasteiger partial charge in [-0.15, -0.1) is 0 Å². The van der Waals surface area contributed by atoms with Gasteiger partial charge in [-0.1, -0.05) is 12.1 Å². The van der Waals surface area contributed by atoms with Crippen molar-refractivity contribution < 1.29 is 27.9 Å². The van der Waals surface area contributed by atoms with E-state index in [4.69, 9.17) is 0 Å².